The molecule has 30 heavy (non-hydrogen) atoms. The normalized spacial score (nSPS) is 15.2. The summed E-state index contributed by atoms with van der Waals surface area (Å²) in [5.74, 6) is 1.69. The maximum absolute atomic E-state index is 12.7. The Morgan fingerprint density at radius 1 is 1.17 bits per heavy atom. The van der Waals surface area contributed by atoms with Crippen LogP contribution in [-0.4, -0.2) is 43.1 Å². The number of Topliss-reactive ketones (excluding diaryl/α,β-unsaturated/α-hetero) is 1. The first-order valence-electron chi connectivity index (χ1n) is 10.2. The number of aromatic hydroxyl groups is 1. The highest BCUT2D eigenvalue weighted by molar-refractivity contribution is 6.33. The van der Waals surface area contributed by atoms with Crippen LogP contribution in [0.5, 0.6) is 17.2 Å². The van der Waals surface area contributed by atoms with Gasteiger partial charge in [-0.3, -0.25) is 9.69 Å². The summed E-state index contributed by atoms with van der Waals surface area (Å²) in [4.78, 5) is 15.1. The summed E-state index contributed by atoms with van der Waals surface area (Å²) in [6.07, 6.45) is 3.44. The number of rotatable bonds is 8. The smallest absolute Gasteiger partial charge is 0.166 e. The summed E-state index contributed by atoms with van der Waals surface area (Å²) in [7, 11) is 3.08. The third-order valence-corrected chi connectivity index (χ3v) is 6.08. The molecule has 0 amide bonds. The van der Waals surface area contributed by atoms with E-state index < -0.39 is 0 Å². The zero-order chi connectivity index (χ0) is 21.7. The quantitative estimate of drug-likeness (QED) is 0.471. The molecule has 1 heterocycles. The van der Waals surface area contributed by atoms with Crippen LogP contribution in [0.4, 0.5) is 5.69 Å². The van der Waals surface area contributed by atoms with Gasteiger partial charge in [-0.2, -0.15) is 0 Å². The number of anilines is 1. The van der Waals surface area contributed by atoms with Crippen LogP contribution in [0.3, 0.4) is 0 Å². The Morgan fingerprint density at radius 2 is 1.87 bits per heavy atom. The van der Waals surface area contributed by atoms with Crippen LogP contribution in [-0.2, 0) is 6.54 Å². The number of hydrogen-bond donors (Lipinski definition) is 2. The number of benzene rings is 2. The van der Waals surface area contributed by atoms with E-state index in [9.17, 15) is 9.90 Å². The Hall–Kier alpha value is -2.44. The van der Waals surface area contributed by atoms with Crippen molar-refractivity contribution in [2.75, 3.05) is 33.0 Å². The Labute approximate surface area is 182 Å². The summed E-state index contributed by atoms with van der Waals surface area (Å²) < 4.78 is 10.5. The molecule has 1 aliphatic rings. The third-order valence-electron chi connectivity index (χ3n) is 5.76. The first-order valence-corrected chi connectivity index (χ1v) is 10.5. The molecule has 162 valence electrons. The molecule has 0 radical (unpaired) electrons. The van der Waals surface area contributed by atoms with Crippen LogP contribution < -0.4 is 15.2 Å². The van der Waals surface area contributed by atoms with Gasteiger partial charge in [-0.1, -0.05) is 17.7 Å². The number of nitrogens with zero attached hydrogens (tertiary/aromatic N) is 1. The fourth-order valence-electron chi connectivity index (χ4n) is 3.94. The summed E-state index contributed by atoms with van der Waals surface area (Å²) in [5.41, 5.74) is 7.82. The van der Waals surface area contributed by atoms with Crippen molar-refractivity contribution in [3.8, 4) is 17.2 Å². The van der Waals surface area contributed by atoms with Crippen molar-refractivity contribution in [3.05, 3.63) is 46.5 Å². The van der Waals surface area contributed by atoms with Gasteiger partial charge in [0, 0.05) is 19.0 Å². The predicted octanol–water partition coefficient (Wildman–Crippen LogP) is 4.52. The molecule has 0 spiro atoms. The fourth-order valence-corrected chi connectivity index (χ4v) is 4.10. The van der Waals surface area contributed by atoms with Crippen LogP contribution in [0.1, 0.15) is 41.6 Å². The van der Waals surface area contributed by atoms with Gasteiger partial charge < -0.3 is 20.3 Å². The predicted molar refractivity (Wildman–Crippen MR) is 119 cm³/mol. The zero-order valence-corrected chi connectivity index (χ0v) is 18.2. The lowest BCUT2D eigenvalue weighted by molar-refractivity contribution is 0.0958. The minimum atomic E-state index is 0.0346. The molecule has 0 aliphatic carbocycles. The molecule has 6 nitrogen and oxygen atoms in total. The average Bonchev–Trinajstić information content (AvgIpc) is 2.75. The third kappa shape index (κ3) is 5.37. The van der Waals surface area contributed by atoms with Gasteiger partial charge in [0.15, 0.2) is 17.3 Å². The van der Waals surface area contributed by atoms with Crippen molar-refractivity contribution in [2.45, 2.75) is 32.2 Å². The van der Waals surface area contributed by atoms with E-state index in [0.29, 0.717) is 40.1 Å². The van der Waals surface area contributed by atoms with Gasteiger partial charge in [0.1, 0.15) is 5.75 Å². The lowest BCUT2D eigenvalue weighted by atomic mass is 9.90. The van der Waals surface area contributed by atoms with E-state index in [1.165, 1.54) is 7.11 Å². The van der Waals surface area contributed by atoms with Gasteiger partial charge in [0.2, 0.25) is 0 Å². The molecular weight excluding hydrogens is 404 g/mol. The summed E-state index contributed by atoms with van der Waals surface area (Å²) in [5, 5.41) is 10.1. The number of carbonyl (C=O) groups is 1. The summed E-state index contributed by atoms with van der Waals surface area (Å²) >= 11 is 6.09. The van der Waals surface area contributed by atoms with E-state index >= 15 is 0 Å². The molecule has 0 unspecified atom stereocenters. The number of halogens is 1. The molecule has 1 aliphatic heterocycles. The van der Waals surface area contributed by atoms with Gasteiger partial charge in [0.05, 0.1) is 30.5 Å². The van der Waals surface area contributed by atoms with Crippen LogP contribution in [0.25, 0.3) is 0 Å². The molecule has 1 fully saturated rings. The highest BCUT2D eigenvalue weighted by Gasteiger charge is 2.22. The van der Waals surface area contributed by atoms with Gasteiger partial charge in [0.25, 0.3) is 0 Å². The van der Waals surface area contributed by atoms with Crippen LogP contribution in [0.15, 0.2) is 30.3 Å². The van der Waals surface area contributed by atoms with E-state index in [4.69, 9.17) is 26.8 Å². The monoisotopic (exact) mass is 432 g/mol. The number of nitrogens with two attached hydrogens (primary N) is 1. The number of phenolic OH excluding ortho intramolecular Hbond substituents is 1. The molecule has 2 aromatic rings. The number of likely N-dealkylation sites (tertiary alicyclic amines) is 1. The maximum Gasteiger partial charge on any atom is 0.166 e. The Kier molecular flexibility index (Phi) is 7.45. The molecule has 7 heteroatoms. The Morgan fingerprint density at radius 3 is 2.53 bits per heavy atom. The van der Waals surface area contributed by atoms with Crippen molar-refractivity contribution in [3.63, 3.8) is 0 Å². The minimum Gasteiger partial charge on any atom is -0.504 e. The Bertz CT molecular complexity index is 895. The van der Waals surface area contributed by atoms with Gasteiger partial charge in [-0.15, -0.1) is 0 Å². The van der Waals surface area contributed by atoms with Gasteiger partial charge in [-0.25, -0.2) is 0 Å². The number of phenols is 1. The second-order valence-electron chi connectivity index (χ2n) is 7.76. The number of ether oxygens (including phenoxy) is 2. The lowest BCUT2D eigenvalue weighted by Crippen LogP contribution is -2.33. The van der Waals surface area contributed by atoms with E-state index in [-0.39, 0.29) is 11.5 Å². The summed E-state index contributed by atoms with van der Waals surface area (Å²) in [6, 6.07) is 8.68. The van der Waals surface area contributed by atoms with Crippen molar-refractivity contribution < 1.29 is 19.4 Å². The van der Waals surface area contributed by atoms with E-state index in [2.05, 4.69) is 4.90 Å². The van der Waals surface area contributed by atoms with Crippen molar-refractivity contribution in [1.82, 2.24) is 4.90 Å². The average molecular weight is 433 g/mol. The molecule has 1 saturated heterocycles. The first kappa shape index (κ1) is 22.2. The number of piperidine rings is 1. The van der Waals surface area contributed by atoms with Crippen LogP contribution in [0.2, 0.25) is 5.02 Å². The van der Waals surface area contributed by atoms with E-state index in [1.807, 2.05) is 12.1 Å². The zero-order valence-electron chi connectivity index (χ0n) is 17.5. The van der Waals surface area contributed by atoms with Crippen molar-refractivity contribution in [1.29, 1.82) is 0 Å². The first-order chi connectivity index (χ1) is 14.4. The van der Waals surface area contributed by atoms with Crippen LogP contribution in [0, 0.1) is 5.92 Å². The molecule has 3 rings (SSSR count). The Balaban J connectivity index is 1.49. The second-order valence-corrected chi connectivity index (χ2v) is 8.17. The highest BCUT2D eigenvalue weighted by Crippen LogP contribution is 2.32. The lowest BCUT2D eigenvalue weighted by Gasteiger charge is -2.32. The van der Waals surface area contributed by atoms with E-state index in [1.54, 1.807) is 25.3 Å². The summed E-state index contributed by atoms with van der Waals surface area (Å²) in [6.45, 7) is 2.79. The molecular formula is C23H29ClN2O4. The molecule has 2 aromatic carbocycles. The molecule has 0 saturated carbocycles. The van der Waals surface area contributed by atoms with E-state index in [0.717, 1.165) is 44.5 Å². The molecule has 0 atom stereocenters. The van der Waals surface area contributed by atoms with Crippen molar-refractivity contribution >= 4 is 23.1 Å². The number of nitrogen functional groups attached to an aromatic ring is 1. The molecule has 0 bridgehead atoms. The maximum atomic E-state index is 12.7. The SMILES string of the molecule is COc1cc(CN2CCC(CCC(=O)c3cc(Cl)c(N)cc3OC)CC2)ccc1O. The number of carbonyl (C=O) groups excluding carboxylic acids is 1. The standard InChI is InChI=1S/C23H29ClN2O4/c1-29-22-13-19(25)18(24)12-17(22)20(27)5-3-15-7-9-26(10-8-15)14-16-4-6-21(28)23(11-16)30-2/h4,6,11-13,15,28H,3,5,7-10,14,25H2,1-2H3. The fraction of sp³-hybridized carbons (Fsp3) is 0.435. The largest absolute Gasteiger partial charge is 0.504 e. The van der Waals surface area contributed by atoms with Gasteiger partial charge in [-0.05, 0) is 62.0 Å². The molecule has 3 N–H and O–H groups in total. The number of ketones is 1. The van der Waals surface area contributed by atoms with Crippen molar-refractivity contribution in [2.24, 2.45) is 5.92 Å². The topological polar surface area (TPSA) is 85.0 Å². The highest BCUT2D eigenvalue weighted by atomic mass is 35.5. The van der Waals surface area contributed by atoms with Gasteiger partial charge >= 0.3 is 0 Å². The van der Waals surface area contributed by atoms with Crippen LogP contribution >= 0.6 is 11.6 Å². The number of methoxy groups -OCH3 is 2. The number of hydrogen-bond acceptors (Lipinski definition) is 6. The molecule has 0 aromatic heterocycles. The second kappa shape index (κ2) is 10.0. The minimum absolute atomic E-state index is 0.0346.